The Labute approximate surface area is 125 Å². The zero-order valence-electron chi connectivity index (χ0n) is 12.7. The summed E-state index contributed by atoms with van der Waals surface area (Å²) < 4.78 is 7.38. The standard InChI is InChI=1S/C17H22N2O2/c1-13(20)19-6-5-16-10-14(3-4-17(16)19)9-15-11-18(2)7-8-21-12-15/h3-6,10,15H,7-9,11-12H2,1-2H3. The molecule has 21 heavy (non-hydrogen) atoms. The zero-order valence-corrected chi connectivity index (χ0v) is 12.7. The van der Waals surface area contributed by atoms with Crippen molar-refractivity contribution in [1.29, 1.82) is 0 Å². The Kier molecular flexibility index (Phi) is 4.08. The van der Waals surface area contributed by atoms with E-state index in [1.807, 2.05) is 18.3 Å². The maximum Gasteiger partial charge on any atom is 0.227 e. The number of hydrogen-bond acceptors (Lipinski definition) is 3. The van der Waals surface area contributed by atoms with Crippen molar-refractivity contribution in [2.75, 3.05) is 33.4 Å². The van der Waals surface area contributed by atoms with E-state index in [0.29, 0.717) is 5.92 Å². The second-order valence-electron chi connectivity index (χ2n) is 6.01. The molecule has 0 amide bonds. The van der Waals surface area contributed by atoms with Gasteiger partial charge in [-0.25, -0.2) is 0 Å². The van der Waals surface area contributed by atoms with Crippen LogP contribution in [-0.4, -0.2) is 48.7 Å². The molecule has 0 aliphatic carbocycles. The normalized spacial score (nSPS) is 20.6. The first-order valence-corrected chi connectivity index (χ1v) is 7.50. The summed E-state index contributed by atoms with van der Waals surface area (Å²) in [6.45, 7) is 5.33. The van der Waals surface area contributed by atoms with Crippen LogP contribution in [0.2, 0.25) is 0 Å². The van der Waals surface area contributed by atoms with Gasteiger partial charge in [-0.2, -0.15) is 0 Å². The third kappa shape index (κ3) is 3.17. The molecule has 2 heterocycles. The molecule has 1 aliphatic heterocycles. The fourth-order valence-electron chi connectivity index (χ4n) is 3.11. The van der Waals surface area contributed by atoms with Crippen molar-refractivity contribution >= 4 is 16.8 Å². The van der Waals surface area contributed by atoms with Crippen molar-refractivity contribution in [2.24, 2.45) is 5.92 Å². The second kappa shape index (κ2) is 6.00. The molecular formula is C17H22N2O2. The van der Waals surface area contributed by atoms with Crippen LogP contribution in [-0.2, 0) is 11.2 Å². The number of benzene rings is 1. The van der Waals surface area contributed by atoms with Crippen molar-refractivity contribution in [1.82, 2.24) is 9.47 Å². The number of fused-ring (bicyclic) bond motifs is 1. The summed E-state index contributed by atoms with van der Waals surface area (Å²) in [6, 6.07) is 8.38. The highest BCUT2D eigenvalue weighted by molar-refractivity contribution is 5.91. The lowest BCUT2D eigenvalue weighted by molar-refractivity contribution is 0.0941. The van der Waals surface area contributed by atoms with Gasteiger partial charge in [0.05, 0.1) is 18.7 Å². The topological polar surface area (TPSA) is 34.5 Å². The van der Waals surface area contributed by atoms with Gasteiger partial charge in [0.1, 0.15) is 0 Å². The Hall–Kier alpha value is -1.65. The van der Waals surface area contributed by atoms with Crippen LogP contribution in [0.25, 0.3) is 10.9 Å². The molecule has 1 unspecified atom stereocenters. The average Bonchev–Trinajstić information content (AvgIpc) is 2.76. The minimum absolute atomic E-state index is 0.0524. The molecule has 4 nitrogen and oxygen atoms in total. The molecule has 1 aliphatic rings. The third-order valence-corrected chi connectivity index (χ3v) is 4.16. The van der Waals surface area contributed by atoms with Gasteiger partial charge in [0.2, 0.25) is 5.91 Å². The van der Waals surface area contributed by atoms with Gasteiger partial charge >= 0.3 is 0 Å². The van der Waals surface area contributed by atoms with E-state index in [9.17, 15) is 4.79 Å². The molecule has 3 rings (SSSR count). The van der Waals surface area contributed by atoms with E-state index in [0.717, 1.165) is 43.6 Å². The first-order chi connectivity index (χ1) is 10.1. The molecule has 1 atom stereocenters. The van der Waals surface area contributed by atoms with E-state index in [1.165, 1.54) is 5.56 Å². The lowest BCUT2D eigenvalue weighted by Crippen LogP contribution is -2.26. The van der Waals surface area contributed by atoms with Crippen molar-refractivity contribution < 1.29 is 9.53 Å². The van der Waals surface area contributed by atoms with Gasteiger partial charge in [-0.05, 0) is 43.1 Å². The summed E-state index contributed by atoms with van der Waals surface area (Å²) in [6.07, 6.45) is 2.87. The molecule has 0 bridgehead atoms. The predicted molar refractivity (Wildman–Crippen MR) is 83.7 cm³/mol. The van der Waals surface area contributed by atoms with E-state index in [2.05, 4.69) is 24.1 Å². The van der Waals surface area contributed by atoms with Crippen molar-refractivity contribution in [3.63, 3.8) is 0 Å². The SMILES string of the molecule is CC(=O)n1ccc2cc(CC3COCCN(C)C3)ccc21. The van der Waals surface area contributed by atoms with E-state index in [-0.39, 0.29) is 5.91 Å². The van der Waals surface area contributed by atoms with Gasteiger partial charge in [0.25, 0.3) is 0 Å². The summed E-state index contributed by atoms with van der Waals surface area (Å²) in [5.41, 5.74) is 2.30. The van der Waals surface area contributed by atoms with Crippen LogP contribution >= 0.6 is 0 Å². The van der Waals surface area contributed by atoms with Crippen molar-refractivity contribution in [3.8, 4) is 0 Å². The number of nitrogens with zero attached hydrogens (tertiary/aromatic N) is 2. The fourth-order valence-corrected chi connectivity index (χ4v) is 3.11. The van der Waals surface area contributed by atoms with Gasteiger partial charge in [-0.15, -0.1) is 0 Å². The summed E-state index contributed by atoms with van der Waals surface area (Å²) in [4.78, 5) is 13.9. The number of ether oxygens (including phenoxy) is 1. The maximum atomic E-state index is 11.5. The fraction of sp³-hybridized carbons (Fsp3) is 0.471. The second-order valence-corrected chi connectivity index (χ2v) is 6.01. The monoisotopic (exact) mass is 286 g/mol. The van der Waals surface area contributed by atoms with Crippen LogP contribution in [0, 0.1) is 5.92 Å². The minimum Gasteiger partial charge on any atom is -0.380 e. The summed E-state index contributed by atoms with van der Waals surface area (Å²) in [7, 11) is 2.15. The number of rotatable bonds is 2. The number of carbonyl (C=O) groups is 1. The molecule has 112 valence electrons. The Bertz CT molecular complexity index is 647. The maximum absolute atomic E-state index is 11.5. The van der Waals surface area contributed by atoms with E-state index >= 15 is 0 Å². The molecule has 0 radical (unpaired) electrons. The smallest absolute Gasteiger partial charge is 0.227 e. The number of hydrogen-bond donors (Lipinski definition) is 0. The zero-order chi connectivity index (χ0) is 14.8. The predicted octanol–water partition coefficient (Wildman–Crippen LogP) is 2.42. The molecule has 1 aromatic carbocycles. The highest BCUT2D eigenvalue weighted by Gasteiger charge is 2.17. The van der Waals surface area contributed by atoms with Crippen LogP contribution in [0.4, 0.5) is 0 Å². The first-order valence-electron chi connectivity index (χ1n) is 7.50. The average molecular weight is 286 g/mol. The van der Waals surface area contributed by atoms with Crippen LogP contribution in [0.15, 0.2) is 30.5 Å². The molecule has 4 heteroatoms. The molecule has 1 fully saturated rings. The molecule has 2 aromatic rings. The first kappa shape index (κ1) is 14.3. The molecule has 0 saturated carbocycles. The summed E-state index contributed by atoms with van der Waals surface area (Å²) >= 11 is 0. The van der Waals surface area contributed by atoms with Crippen molar-refractivity contribution in [3.05, 3.63) is 36.0 Å². The molecule has 0 N–H and O–H groups in total. The summed E-state index contributed by atoms with van der Waals surface area (Å²) in [5.74, 6) is 0.585. The third-order valence-electron chi connectivity index (χ3n) is 4.16. The largest absolute Gasteiger partial charge is 0.380 e. The Morgan fingerprint density at radius 1 is 1.38 bits per heavy atom. The quantitative estimate of drug-likeness (QED) is 0.850. The molecular weight excluding hydrogens is 264 g/mol. The molecule has 1 aromatic heterocycles. The number of carbonyl (C=O) groups excluding carboxylic acids is 1. The summed E-state index contributed by atoms with van der Waals surface area (Å²) in [5, 5.41) is 1.13. The number of likely N-dealkylation sites (N-methyl/N-ethyl adjacent to an activating group) is 1. The van der Waals surface area contributed by atoms with Gasteiger partial charge in [-0.1, -0.05) is 6.07 Å². The lowest BCUT2D eigenvalue weighted by Gasteiger charge is -2.18. The number of aromatic nitrogens is 1. The van der Waals surface area contributed by atoms with E-state index < -0.39 is 0 Å². The van der Waals surface area contributed by atoms with Gasteiger partial charge in [-0.3, -0.25) is 9.36 Å². The van der Waals surface area contributed by atoms with Gasteiger partial charge in [0.15, 0.2) is 0 Å². The highest BCUT2D eigenvalue weighted by atomic mass is 16.5. The van der Waals surface area contributed by atoms with Crippen LogP contribution in [0.3, 0.4) is 0 Å². The highest BCUT2D eigenvalue weighted by Crippen LogP contribution is 2.20. The Balaban J connectivity index is 1.79. The minimum atomic E-state index is 0.0524. The van der Waals surface area contributed by atoms with Crippen LogP contribution < -0.4 is 0 Å². The molecule has 0 spiro atoms. The van der Waals surface area contributed by atoms with E-state index in [4.69, 9.17) is 4.74 Å². The lowest BCUT2D eigenvalue weighted by atomic mass is 9.99. The molecule has 1 saturated heterocycles. The van der Waals surface area contributed by atoms with Gasteiger partial charge in [0, 0.05) is 31.6 Å². The van der Waals surface area contributed by atoms with E-state index in [1.54, 1.807) is 11.5 Å². The Morgan fingerprint density at radius 2 is 2.24 bits per heavy atom. The van der Waals surface area contributed by atoms with Gasteiger partial charge < -0.3 is 9.64 Å². The Morgan fingerprint density at radius 3 is 3.05 bits per heavy atom. The van der Waals surface area contributed by atoms with Crippen molar-refractivity contribution in [2.45, 2.75) is 13.3 Å². The van der Waals surface area contributed by atoms with Crippen LogP contribution in [0.1, 0.15) is 17.3 Å². The van der Waals surface area contributed by atoms with Crippen LogP contribution in [0.5, 0.6) is 0 Å².